The zero-order valence-electron chi connectivity index (χ0n) is 15.4. The highest BCUT2D eigenvalue weighted by atomic mass is 79.9. The molecule has 0 fully saturated rings. The molecule has 0 aliphatic carbocycles. The van der Waals surface area contributed by atoms with Crippen molar-refractivity contribution >= 4 is 79.2 Å². The predicted molar refractivity (Wildman–Crippen MR) is 123 cm³/mol. The topological polar surface area (TPSA) is 68.1 Å². The average molecular weight is 551 g/mol. The fourth-order valence-electron chi connectivity index (χ4n) is 2.87. The molecule has 11 heteroatoms. The first-order valence-electron chi connectivity index (χ1n) is 8.61. The lowest BCUT2D eigenvalue weighted by atomic mass is 10.1. The van der Waals surface area contributed by atoms with Gasteiger partial charge in [-0.25, -0.2) is 9.67 Å². The monoisotopic (exact) mass is 548 g/mol. The van der Waals surface area contributed by atoms with Crippen LogP contribution in [0.15, 0.2) is 41.1 Å². The Morgan fingerprint density at radius 3 is 2.53 bits per heavy atom. The molecule has 1 amide bonds. The number of aromatic nitrogens is 3. The third-order valence-corrected chi connectivity index (χ3v) is 5.43. The predicted octanol–water partition coefficient (Wildman–Crippen LogP) is 6.43. The summed E-state index contributed by atoms with van der Waals surface area (Å²) in [4.78, 5) is 31.2. The molecule has 0 unspecified atom stereocenters. The molecule has 1 aromatic carbocycles. The molecule has 2 aromatic heterocycles. The summed E-state index contributed by atoms with van der Waals surface area (Å²) in [6.07, 6.45) is 2.12. The SMILES string of the molecule is CCCN(C(=O)c1cc(Br)nn1-c1ncccc1Cl)c1c(Cl)cc(Cl)cc1C(=O)Cl. The zero-order valence-corrected chi connectivity index (χ0v) is 20.0. The molecule has 0 radical (unpaired) electrons. The number of hydrogen-bond donors (Lipinski definition) is 0. The van der Waals surface area contributed by atoms with Crippen molar-refractivity contribution in [1.82, 2.24) is 14.8 Å². The Labute approximate surface area is 200 Å². The molecule has 0 N–H and O–H groups in total. The Bertz CT molecular complexity index is 1140. The van der Waals surface area contributed by atoms with Gasteiger partial charge in [-0.1, -0.05) is 41.7 Å². The first-order valence-corrected chi connectivity index (χ1v) is 10.9. The van der Waals surface area contributed by atoms with Crippen LogP contribution in [-0.2, 0) is 0 Å². The van der Waals surface area contributed by atoms with E-state index in [1.165, 1.54) is 34.0 Å². The lowest BCUT2D eigenvalue weighted by molar-refractivity contribution is 0.0979. The molecular formula is C19H13BrCl4N4O2. The molecule has 6 nitrogen and oxygen atoms in total. The number of carbonyl (C=O) groups is 2. The number of nitrogens with zero attached hydrogens (tertiary/aromatic N) is 4. The maximum absolute atomic E-state index is 13.6. The smallest absolute Gasteiger partial charge is 0.277 e. The number of carbonyl (C=O) groups excluding carboxylic acids is 2. The van der Waals surface area contributed by atoms with E-state index in [0.717, 1.165) is 0 Å². The van der Waals surface area contributed by atoms with Crippen molar-refractivity contribution in [2.24, 2.45) is 0 Å². The number of halogens is 5. The first-order chi connectivity index (χ1) is 14.2. The molecule has 30 heavy (non-hydrogen) atoms. The third kappa shape index (κ3) is 4.65. The Morgan fingerprint density at radius 2 is 1.90 bits per heavy atom. The molecule has 0 aliphatic heterocycles. The molecule has 156 valence electrons. The zero-order chi connectivity index (χ0) is 22.0. The molecular weight excluding hydrogens is 538 g/mol. The molecule has 0 atom stereocenters. The van der Waals surface area contributed by atoms with E-state index < -0.39 is 11.1 Å². The van der Waals surface area contributed by atoms with Gasteiger partial charge in [0.15, 0.2) is 5.82 Å². The minimum atomic E-state index is -0.786. The first kappa shape index (κ1) is 23.0. The van der Waals surface area contributed by atoms with Crippen molar-refractivity contribution in [1.29, 1.82) is 0 Å². The van der Waals surface area contributed by atoms with Gasteiger partial charge in [0, 0.05) is 23.8 Å². The largest absolute Gasteiger partial charge is 0.305 e. The lowest BCUT2D eigenvalue weighted by Gasteiger charge is -2.25. The van der Waals surface area contributed by atoms with Crippen LogP contribution in [0.2, 0.25) is 15.1 Å². The number of benzene rings is 1. The normalized spacial score (nSPS) is 10.9. The summed E-state index contributed by atoms with van der Waals surface area (Å²) in [6, 6.07) is 7.65. The van der Waals surface area contributed by atoms with Crippen LogP contribution in [0.1, 0.15) is 34.2 Å². The average Bonchev–Trinajstić information content (AvgIpc) is 3.07. The Balaban J connectivity index is 2.19. The number of hydrogen-bond acceptors (Lipinski definition) is 4. The maximum atomic E-state index is 13.6. The van der Waals surface area contributed by atoms with E-state index in [4.69, 9.17) is 46.4 Å². The lowest BCUT2D eigenvalue weighted by Crippen LogP contribution is -2.34. The summed E-state index contributed by atoms with van der Waals surface area (Å²) >= 11 is 27.7. The number of amides is 1. The van der Waals surface area contributed by atoms with E-state index >= 15 is 0 Å². The second-order valence-electron chi connectivity index (χ2n) is 6.09. The number of rotatable bonds is 6. The van der Waals surface area contributed by atoms with Crippen LogP contribution in [0.25, 0.3) is 5.82 Å². The summed E-state index contributed by atoms with van der Waals surface area (Å²) in [7, 11) is 0. The van der Waals surface area contributed by atoms with Crippen LogP contribution in [0.4, 0.5) is 5.69 Å². The summed E-state index contributed by atoms with van der Waals surface area (Å²) < 4.78 is 1.73. The molecule has 3 rings (SSSR count). The summed E-state index contributed by atoms with van der Waals surface area (Å²) in [5.74, 6) is -0.194. The molecule has 0 aliphatic rings. The highest BCUT2D eigenvalue weighted by Gasteiger charge is 2.29. The van der Waals surface area contributed by atoms with E-state index in [1.807, 2.05) is 6.92 Å². The van der Waals surface area contributed by atoms with Crippen molar-refractivity contribution in [3.63, 3.8) is 0 Å². The second-order valence-corrected chi connectivity index (χ2v) is 8.49. The number of anilines is 1. The highest BCUT2D eigenvalue weighted by Crippen LogP contribution is 2.36. The fourth-order valence-corrected chi connectivity index (χ4v) is 4.18. The van der Waals surface area contributed by atoms with Crippen LogP contribution in [0.5, 0.6) is 0 Å². The van der Waals surface area contributed by atoms with Gasteiger partial charge in [-0.15, -0.1) is 0 Å². The van der Waals surface area contributed by atoms with Gasteiger partial charge in [-0.2, -0.15) is 5.10 Å². The Hall–Kier alpha value is -1.64. The van der Waals surface area contributed by atoms with Crippen LogP contribution >= 0.6 is 62.3 Å². The van der Waals surface area contributed by atoms with Crippen LogP contribution in [0.3, 0.4) is 0 Å². The molecule has 0 saturated carbocycles. The van der Waals surface area contributed by atoms with E-state index in [9.17, 15) is 9.59 Å². The molecule has 0 bridgehead atoms. The van der Waals surface area contributed by atoms with Crippen LogP contribution in [0, 0.1) is 0 Å². The van der Waals surface area contributed by atoms with Crippen molar-refractivity contribution < 1.29 is 9.59 Å². The van der Waals surface area contributed by atoms with Gasteiger partial charge >= 0.3 is 0 Å². The quantitative estimate of drug-likeness (QED) is 0.332. The highest BCUT2D eigenvalue weighted by molar-refractivity contribution is 9.10. The van der Waals surface area contributed by atoms with Gasteiger partial charge < -0.3 is 4.90 Å². The standard InChI is InChI=1S/C19H13BrCl4N4O2/c1-2-6-27(16-11(17(24)29)7-10(21)8-13(16)23)19(30)14-9-15(20)26-28(14)18-12(22)4-3-5-25-18/h3-5,7-9H,2,6H2,1H3. The fraction of sp³-hybridized carbons (Fsp3) is 0.158. The van der Waals surface area contributed by atoms with E-state index in [2.05, 4.69) is 26.0 Å². The Morgan fingerprint density at radius 1 is 1.17 bits per heavy atom. The molecule has 2 heterocycles. The van der Waals surface area contributed by atoms with Gasteiger partial charge in [-0.3, -0.25) is 9.59 Å². The van der Waals surface area contributed by atoms with E-state index in [0.29, 0.717) is 16.0 Å². The van der Waals surface area contributed by atoms with Crippen molar-refractivity contribution in [3.8, 4) is 5.82 Å². The van der Waals surface area contributed by atoms with Gasteiger partial charge in [-0.05, 0) is 58.2 Å². The van der Waals surface area contributed by atoms with E-state index in [-0.39, 0.29) is 39.4 Å². The van der Waals surface area contributed by atoms with Gasteiger partial charge in [0.05, 0.1) is 21.3 Å². The van der Waals surface area contributed by atoms with E-state index in [1.54, 1.807) is 12.1 Å². The van der Waals surface area contributed by atoms with Gasteiger partial charge in [0.25, 0.3) is 11.1 Å². The molecule has 0 spiro atoms. The maximum Gasteiger partial charge on any atom is 0.277 e. The van der Waals surface area contributed by atoms with Crippen LogP contribution in [-0.4, -0.2) is 32.5 Å². The minimum absolute atomic E-state index is 0.0250. The summed E-state index contributed by atoms with van der Waals surface area (Å²) in [5.41, 5.74) is 0.357. The van der Waals surface area contributed by atoms with Gasteiger partial charge in [0.1, 0.15) is 10.3 Å². The minimum Gasteiger partial charge on any atom is -0.305 e. The molecule has 0 saturated heterocycles. The van der Waals surface area contributed by atoms with Crippen molar-refractivity contribution in [2.75, 3.05) is 11.4 Å². The summed E-state index contributed by atoms with van der Waals surface area (Å²) in [5, 5.41) is 4.16. The van der Waals surface area contributed by atoms with Crippen molar-refractivity contribution in [3.05, 3.63) is 67.5 Å². The number of pyridine rings is 1. The van der Waals surface area contributed by atoms with Crippen molar-refractivity contribution in [2.45, 2.75) is 13.3 Å². The Kier molecular flexibility index (Phi) is 7.42. The van der Waals surface area contributed by atoms with Gasteiger partial charge in [0.2, 0.25) is 0 Å². The van der Waals surface area contributed by atoms with Crippen LogP contribution < -0.4 is 4.90 Å². The second kappa shape index (κ2) is 9.66. The third-order valence-electron chi connectivity index (χ3n) is 4.04. The molecule has 3 aromatic rings. The summed E-state index contributed by atoms with van der Waals surface area (Å²) in [6.45, 7) is 2.14.